The molecule has 8 nitrogen and oxygen atoms in total. The van der Waals surface area contributed by atoms with Crippen LogP contribution in [0.15, 0.2) is 47.5 Å². The third-order valence-electron chi connectivity index (χ3n) is 3.31. The first-order valence-electron chi connectivity index (χ1n) is 7.42. The number of pyridine rings is 1. The van der Waals surface area contributed by atoms with E-state index in [1.807, 2.05) is 6.92 Å². The lowest BCUT2D eigenvalue weighted by molar-refractivity contribution is -0.0258. The molecule has 0 aliphatic heterocycles. The Bertz CT molecular complexity index is 837. The summed E-state index contributed by atoms with van der Waals surface area (Å²) in [5.41, 5.74) is 0.732. The molecule has 2 rings (SSSR count). The first kappa shape index (κ1) is 18.8. The van der Waals surface area contributed by atoms with Gasteiger partial charge in [-0.2, -0.15) is 0 Å². The van der Waals surface area contributed by atoms with Crippen LogP contribution in [0.4, 0.5) is 5.69 Å². The van der Waals surface area contributed by atoms with Crippen molar-refractivity contribution in [2.24, 2.45) is 0 Å². The van der Waals surface area contributed by atoms with E-state index < -0.39 is 15.9 Å². The second-order valence-corrected chi connectivity index (χ2v) is 6.80. The Morgan fingerprint density at radius 3 is 2.52 bits per heavy atom. The molecule has 0 atom stereocenters. The number of hydrogen-bond donors (Lipinski definition) is 1. The van der Waals surface area contributed by atoms with Crippen LogP contribution >= 0.6 is 0 Å². The van der Waals surface area contributed by atoms with E-state index in [4.69, 9.17) is 9.57 Å². The Balaban J connectivity index is 2.19. The molecule has 0 aliphatic rings. The highest BCUT2D eigenvalue weighted by molar-refractivity contribution is 7.89. The zero-order valence-electron chi connectivity index (χ0n) is 14.1. The second kappa shape index (κ2) is 8.06. The van der Waals surface area contributed by atoms with Crippen LogP contribution in [0.5, 0.6) is 5.88 Å². The first-order valence-corrected chi connectivity index (χ1v) is 8.86. The van der Waals surface area contributed by atoms with E-state index in [9.17, 15) is 13.2 Å². The van der Waals surface area contributed by atoms with Crippen molar-refractivity contribution in [3.8, 4) is 5.88 Å². The van der Waals surface area contributed by atoms with Crippen molar-refractivity contribution in [2.75, 3.05) is 26.1 Å². The van der Waals surface area contributed by atoms with Crippen LogP contribution in [-0.2, 0) is 14.9 Å². The van der Waals surface area contributed by atoms with Crippen LogP contribution in [0, 0.1) is 0 Å². The number of hydrogen-bond acceptors (Lipinski definition) is 6. The van der Waals surface area contributed by atoms with Crippen molar-refractivity contribution in [2.45, 2.75) is 11.8 Å². The van der Waals surface area contributed by atoms with Crippen molar-refractivity contribution in [1.29, 1.82) is 0 Å². The Morgan fingerprint density at radius 1 is 1.24 bits per heavy atom. The van der Waals surface area contributed by atoms with Gasteiger partial charge in [0.1, 0.15) is 5.69 Å². The molecular weight excluding hydrogens is 346 g/mol. The fraction of sp³-hybridized carbons (Fsp3) is 0.250. The topological polar surface area (TPSA) is 97.8 Å². The molecular formula is C16H19N3O5S. The minimum absolute atomic E-state index is 0.0183. The normalized spacial score (nSPS) is 11.4. The maximum Gasteiger partial charge on any atom is 0.264 e. The van der Waals surface area contributed by atoms with Crippen LogP contribution in [-0.4, -0.2) is 44.5 Å². The third kappa shape index (κ3) is 4.32. The molecule has 0 saturated heterocycles. The minimum Gasteiger partial charge on any atom is -0.476 e. The van der Waals surface area contributed by atoms with Crippen molar-refractivity contribution < 1.29 is 22.8 Å². The number of nitrogens with one attached hydrogen (secondary N) is 1. The zero-order chi connectivity index (χ0) is 18.4. The predicted octanol–water partition coefficient (Wildman–Crippen LogP) is 1.91. The summed E-state index contributed by atoms with van der Waals surface area (Å²) in [5.74, 6) is -0.0859. The van der Waals surface area contributed by atoms with E-state index in [0.717, 1.165) is 4.47 Å². The molecule has 0 saturated carbocycles. The lowest BCUT2D eigenvalue weighted by Crippen LogP contribution is -2.25. The number of ether oxygens (including phenoxy) is 1. The van der Waals surface area contributed by atoms with Crippen LogP contribution in [0.25, 0.3) is 0 Å². The quantitative estimate of drug-likeness (QED) is 0.753. The van der Waals surface area contributed by atoms with E-state index in [1.54, 1.807) is 18.3 Å². The zero-order valence-corrected chi connectivity index (χ0v) is 14.9. The summed E-state index contributed by atoms with van der Waals surface area (Å²) in [6.07, 6.45) is 1.56. The molecule has 0 unspecified atom stereocenters. The maximum atomic E-state index is 12.3. The number of carbonyl (C=O) groups excluding carboxylic acids is 1. The molecule has 0 bridgehead atoms. The molecule has 1 N–H and O–H groups in total. The van der Waals surface area contributed by atoms with Gasteiger partial charge in [-0.05, 0) is 43.3 Å². The van der Waals surface area contributed by atoms with Gasteiger partial charge in [0.2, 0.25) is 5.88 Å². The van der Waals surface area contributed by atoms with Crippen LogP contribution < -0.4 is 10.1 Å². The van der Waals surface area contributed by atoms with E-state index in [1.165, 1.54) is 38.4 Å². The molecule has 2 aromatic rings. The number of anilines is 1. The average Bonchev–Trinajstić information content (AvgIpc) is 2.62. The summed E-state index contributed by atoms with van der Waals surface area (Å²) in [6.45, 7) is 2.23. The molecule has 0 fully saturated rings. The number of benzene rings is 1. The number of nitrogens with zero attached hydrogens (tertiary/aromatic N) is 2. The number of aromatic nitrogens is 1. The largest absolute Gasteiger partial charge is 0.476 e. The molecule has 1 aromatic carbocycles. The monoisotopic (exact) mass is 365 g/mol. The van der Waals surface area contributed by atoms with Gasteiger partial charge in [0.25, 0.3) is 15.9 Å². The maximum absolute atomic E-state index is 12.3. The Kier molecular flexibility index (Phi) is 6.07. The van der Waals surface area contributed by atoms with Gasteiger partial charge in [-0.3, -0.25) is 9.63 Å². The van der Waals surface area contributed by atoms with Crippen LogP contribution in [0.2, 0.25) is 0 Å². The van der Waals surface area contributed by atoms with Gasteiger partial charge < -0.3 is 10.1 Å². The molecule has 9 heteroatoms. The molecule has 25 heavy (non-hydrogen) atoms. The number of rotatable bonds is 7. The van der Waals surface area contributed by atoms with E-state index in [2.05, 4.69) is 10.3 Å². The highest BCUT2D eigenvalue weighted by Crippen LogP contribution is 2.22. The third-order valence-corrected chi connectivity index (χ3v) is 5.00. The standard InChI is InChI=1S/C16H19N3O5S/c1-4-24-16-14(6-5-11-17-16)18-15(20)12-7-9-13(10-8-12)25(21,22)19(2)23-3/h5-11H,4H2,1-3H3,(H,18,20). The first-order chi connectivity index (χ1) is 11.9. The van der Waals surface area contributed by atoms with Crippen LogP contribution in [0.3, 0.4) is 0 Å². The van der Waals surface area contributed by atoms with Gasteiger partial charge in [-0.25, -0.2) is 13.4 Å². The number of sulfonamides is 1. The van der Waals surface area contributed by atoms with Gasteiger partial charge in [-0.15, -0.1) is 0 Å². The fourth-order valence-corrected chi connectivity index (χ4v) is 2.93. The van der Waals surface area contributed by atoms with Crippen LogP contribution in [0.1, 0.15) is 17.3 Å². The molecule has 1 aromatic heterocycles. The van der Waals surface area contributed by atoms with Gasteiger partial charge in [-0.1, -0.05) is 4.47 Å². The smallest absolute Gasteiger partial charge is 0.264 e. The Labute approximate surface area is 146 Å². The van der Waals surface area contributed by atoms with E-state index >= 15 is 0 Å². The lowest BCUT2D eigenvalue weighted by atomic mass is 10.2. The fourth-order valence-electron chi connectivity index (χ4n) is 1.96. The summed E-state index contributed by atoms with van der Waals surface area (Å²) >= 11 is 0. The van der Waals surface area contributed by atoms with E-state index in [0.29, 0.717) is 23.7 Å². The number of carbonyl (C=O) groups is 1. The molecule has 0 spiro atoms. The van der Waals surface area contributed by atoms with Gasteiger partial charge in [0.15, 0.2) is 0 Å². The lowest BCUT2D eigenvalue weighted by Gasteiger charge is -2.14. The summed E-state index contributed by atoms with van der Waals surface area (Å²) in [4.78, 5) is 21.1. The second-order valence-electron chi connectivity index (χ2n) is 4.86. The molecule has 0 aliphatic carbocycles. The van der Waals surface area contributed by atoms with Gasteiger partial charge >= 0.3 is 0 Å². The highest BCUT2D eigenvalue weighted by atomic mass is 32.2. The number of amides is 1. The average molecular weight is 365 g/mol. The minimum atomic E-state index is -3.76. The summed E-state index contributed by atoms with van der Waals surface area (Å²) < 4.78 is 30.3. The molecule has 1 amide bonds. The van der Waals surface area contributed by atoms with Crippen molar-refractivity contribution in [3.05, 3.63) is 48.2 Å². The van der Waals surface area contributed by atoms with Gasteiger partial charge in [0, 0.05) is 18.8 Å². The summed E-state index contributed by atoms with van der Waals surface area (Å²) in [7, 11) is -1.22. The van der Waals surface area contributed by atoms with Crippen molar-refractivity contribution >= 4 is 21.6 Å². The Morgan fingerprint density at radius 2 is 1.92 bits per heavy atom. The molecule has 134 valence electrons. The molecule has 1 heterocycles. The predicted molar refractivity (Wildman–Crippen MR) is 91.8 cm³/mol. The summed E-state index contributed by atoms with van der Waals surface area (Å²) in [5, 5.41) is 2.69. The van der Waals surface area contributed by atoms with Crippen molar-refractivity contribution in [1.82, 2.24) is 9.45 Å². The Hall–Kier alpha value is -2.49. The molecule has 0 radical (unpaired) electrons. The number of hydroxylamine groups is 1. The SMILES string of the molecule is CCOc1ncccc1NC(=O)c1ccc(S(=O)(=O)N(C)OC)cc1. The van der Waals surface area contributed by atoms with Gasteiger partial charge in [0.05, 0.1) is 18.6 Å². The highest BCUT2D eigenvalue weighted by Gasteiger charge is 2.21. The van der Waals surface area contributed by atoms with E-state index in [-0.39, 0.29) is 4.90 Å². The summed E-state index contributed by atoms with van der Waals surface area (Å²) in [6, 6.07) is 8.86. The van der Waals surface area contributed by atoms with Crippen molar-refractivity contribution in [3.63, 3.8) is 0 Å².